The van der Waals surface area contributed by atoms with Crippen molar-refractivity contribution in [2.45, 2.75) is 4.90 Å². The van der Waals surface area contributed by atoms with Crippen LogP contribution in [0.1, 0.15) is 5.76 Å². The lowest BCUT2D eigenvalue weighted by atomic mass is 10.1. The molecule has 0 unspecified atom stereocenters. The van der Waals surface area contributed by atoms with Crippen LogP contribution in [0.15, 0.2) is 79.6 Å². The number of nitro groups is 1. The number of benzene rings is 2. The molecular formula is C17H12BrN3O5S. The van der Waals surface area contributed by atoms with Gasteiger partial charge in [-0.15, -0.1) is 0 Å². The van der Waals surface area contributed by atoms with Crippen molar-refractivity contribution < 1.29 is 17.8 Å². The van der Waals surface area contributed by atoms with Crippen LogP contribution in [-0.4, -0.2) is 19.6 Å². The molecule has 3 aromatic rings. The van der Waals surface area contributed by atoms with E-state index >= 15 is 0 Å². The summed E-state index contributed by atoms with van der Waals surface area (Å²) in [5.74, 6) is 0.759. The first-order chi connectivity index (χ1) is 12.9. The van der Waals surface area contributed by atoms with Gasteiger partial charge in [-0.1, -0.05) is 18.2 Å². The highest BCUT2D eigenvalue weighted by Crippen LogP contribution is 2.32. The van der Waals surface area contributed by atoms with Gasteiger partial charge >= 0.3 is 0 Å². The molecule has 0 bridgehead atoms. The minimum Gasteiger partial charge on any atom is -0.455 e. The Bertz CT molecular complexity index is 1110. The number of hydrogen-bond donors (Lipinski definition) is 1. The lowest BCUT2D eigenvalue weighted by molar-refractivity contribution is -0.384. The first-order valence-electron chi connectivity index (χ1n) is 7.51. The summed E-state index contributed by atoms with van der Waals surface area (Å²) in [7, 11) is -3.76. The molecule has 8 nitrogen and oxygen atoms in total. The van der Waals surface area contributed by atoms with Crippen LogP contribution in [0.3, 0.4) is 0 Å². The van der Waals surface area contributed by atoms with Gasteiger partial charge in [0, 0.05) is 22.2 Å². The molecule has 1 aromatic heterocycles. The average Bonchev–Trinajstić information content (AvgIpc) is 3.10. The van der Waals surface area contributed by atoms with E-state index in [1.54, 1.807) is 36.4 Å². The molecule has 27 heavy (non-hydrogen) atoms. The van der Waals surface area contributed by atoms with Crippen LogP contribution in [0.25, 0.3) is 11.3 Å². The highest BCUT2D eigenvalue weighted by atomic mass is 79.9. The molecule has 0 radical (unpaired) electrons. The third-order valence-corrected chi connectivity index (χ3v) is 5.37. The molecule has 0 aliphatic rings. The lowest BCUT2D eigenvalue weighted by Crippen LogP contribution is -2.18. The minimum atomic E-state index is -3.76. The van der Waals surface area contributed by atoms with Crippen LogP contribution >= 0.6 is 15.9 Å². The number of rotatable bonds is 6. The molecule has 0 amide bonds. The fourth-order valence-electron chi connectivity index (χ4n) is 2.20. The fraction of sp³-hybridized carbons (Fsp3) is 0. The molecular weight excluding hydrogens is 438 g/mol. The second kappa shape index (κ2) is 7.72. The zero-order chi connectivity index (χ0) is 19.4. The van der Waals surface area contributed by atoms with Crippen molar-refractivity contribution in [1.29, 1.82) is 0 Å². The van der Waals surface area contributed by atoms with E-state index in [-0.39, 0.29) is 10.6 Å². The molecule has 0 saturated carbocycles. The number of hydrogen-bond acceptors (Lipinski definition) is 6. The Labute approximate surface area is 162 Å². The standard InChI is InChI=1S/C17H12BrN3O5S/c18-16-10-12(21(22)23)6-8-15(16)17-9-7-13(26-17)11-19-20-27(24,25)14-4-2-1-3-5-14/h1-11,20H/b19-11-. The van der Waals surface area contributed by atoms with Gasteiger partial charge < -0.3 is 4.42 Å². The third-order valence-electron chi connectivity index (χ3n) is 3.47. The number of sulfonamides is 1. The van der Waals surface area contributed by atoms with E-state index in [1.807, 2.05) is 0 Å². The molecule has 0 fully saturated rings. The van der Waals surface area contributed by atoms with Gasteiger partial charge in [0.25, 0.3) is 15.7 Å². The summed E-state index contributed by atoms with van der Waals surface area (Å²) in [6, 6.07) is 15.4. The number of non-ortho nitro benzene ring substituents is 1. The maximum absolute atomic E-state index is 12.1. The van der Waals surface area contributed by atoms with E-state index in [4.69, 9.17) is 4.42 Å². The Morgan fingerprint density at radius 2 is 1.85 bits per heavy atom. The van der Waals surface area contributed by atoms with Gasteiger partial charge in [-0.25, -0.2) is 0 Å². The molecule has 0 spiro atoms. The summed E-state index contributed by atoms with van der Waals surface area (Å²) in [5.41, 5.74) is 0.569. The summed E-state index contributed by atoms with van der Waals surface area (Å²) >= 11 is 3.28. The Morgan fingerprint density at radius 3 is 2.52 bits per heavy atom. The van der Waals surface area contributed by atoms with E-state index in [0.29, 0.717) is 21.6 Å². The Balaban J connectivity index is 1.75. The molecule has 1 N–H and O–H groups in total. The summed E-state index contributed by atoms with van der Waals surface area (Å²) < 4.78 is 30.2. The average molecular weight is 450 g/mol. The van der Waals surface area contributed by atoms with E-state index in [1.165, 1.54) is 30.5 Å². The zero-order valence-corrected chi connectivity index (χ0v) is 16.0. The second-order valence-corrected chi connectivity index (χ2v) is 7.80. The molecule has 138 valence electrons. The van der Waals surface area contributed by atoms with Gasteiger partial charge in [0.15, 0.2) is 0 Å². The molecule has 10 heteroatoms. The normalized spacial score (nSPS) is 11.6. The van der Waals surface area contributed by atoms with Crippen LogP contribution in [0.5, 0.6) is 0 Å². The minimum absolute atomic E-state index is 0.0470. The number of nitro benzene ring substituents is 1. The molecule has 0 saturated heterocycles. The topological polar surface area (TPSA) is 115 Å². The number of halogens is 1. The molecule has 0 atom stereocenters. The predicted molar refractivity (Wildman–Crippen MR) is 103 cm³/mol. The predicted octanol–water partition coefficient (Wildman–Crippen LogP) is 3.93. The van der Waals surface area contributed by atoms with E-state index in [0.717, 1.165) is 0 Å². The number of furan rings is 1. The van der Waals surface area contributed by atoms with Crippen molar-refractivity contribution in [3.05, 3.63) is 81.0 Å². The SMILES string of the molecule is O=[N+]([O-])c1ccc(-c2ccc(/C=N\NS(=O)(=O)c3ccccc3)o2)c(Br)c1. The van der Waals surface area contributed by atoms with Crippen molar-refractivity contribution in [3.8, 4) is 11.3 Å². The third kappa shape index (κ3) is 4.41. The van der Waals surface area contributed by atoms with Crippen LogP contribution in [0.4, 0.5) is 5.69 Å². The number of hydrazone groups is 1. The van der Waals surface area contributed by atoms with E-state index in [9.17, 15) is 18.5 Å². The number of nitrogens with zero attached hydrogens (tertiary/aromatic N) is 2. The highest BCUT2D eigenvalue weighted by molar-refractivity contribution is 9.10. The van der Waals surface area contributed by atoms with Crippen LogP contribution < -0.4 is 4.83 Å². The van der Waals surface area contributed by atoms with E-state index in [2.05, 4.69) is 25.9 Å². The number of nitrogens with one attached hydrogen (secondary N) is 1. The second-order valence-electron chi connectivity index (χ2n) is 5.29. The highest BCUT2D eigenvalue weighted by Gasteiger charge is 2.14. The van der Waals surface area contributed by atoms with E-state index < -0.39 is 14.9 Å². The smallest absolute Gasteiger partial charge is 0.276 e. The summed E-state index contributed by atoms with van der Waals surface area (Å²) in [5, 5.41) is 14.5. The van der Waals surface area contributed by atoms with Gasteiger partial charge in [-0.05, 0) is 46.3 Å². The summed E-state index contributed by atoms with van der Waals surface area (Å²) in [4.78, 5) is 12.5. The first-order valence-corrected chi connectivity index (χ1v) is 9.78. The van der Waals surface area contributed by atoms with Crippen molar-refractivity contribution >= 4 is 37.9 Å². The Kier molecular flexibility index (Phi) is 5.38. The van der Waals surface area contributed by atoms with Gasteiger partial charge in [0.2, 0.25) is 0 Å². The van der Waals surface area contributed by atoms with Crippen molar-refractivity contribution in [1.82, 2.24) is 4.83 Å². The molecule has 0 aliphatic carbocycles. The Hall–Kier alpha value is -2.98. The largest absolute Gasteiger partial charge is 0.455 e. The van der Waals surface area contributed by atoms with Crippen molar-refractivity contribution in [2.24, 2.45) is 5.10 Å². The zero-order valence-electron chi connectivity index (χ0n) is 13.6. The van der Waals surface area contributed by atoms with Crippen LogP contribution in [0, 0.1) is 10.1 Å². The van der Waals surface area contributed by atoms with Gasteiger partial charge in [0.1, 0.15) is 11.5 Å². The molecule has 2 aromatic carbocycles. The van der Waals surface area contributed by atoms with Gasteiger partial charge in [-0.3, -0.25) is 10.1 Å². The van der Waals surface area contributed by atoms with Crippen molar-refractivity contribution in [2.75, 3.05) is 0 Å². The maximum Gasteiger partial charge on any atom is 0.276 e. The van der Waals surface area contributed by atoms with Crippen molar-refractivity contribution in [3.63, 3.8) is 0 Å². The van der Waals surface area contributed by atoms with Crippen LogP contribution in [0.2, 0.25) is 0 Å². The van der Waals surface area contributed by atoms with Gasteiger partial charge in [0.05, 0.1) is 16.0 Å². The fourth-order valence-corrected chi connectivity index (χ4v) is 3.57. The first kappa shape index (κ1) is 18.8. The van der Waals surface area contributed by atoms with Gasteiger partial charge in [-0.2, -0.15) is 18.4 Å². The maximum atomic E-state index is 12.1. The Morgan fingerprint density at radius 1 is 1.11 bits per heavy atom. The quantitative estimate of drug-likeness (QED) is 0.347. The molecule has 0 aliphatic heterocycles. The monoisotopic (exact) mass is 449 g/mol. The lowest BCUT2D eigenvalue weighted by Gasteiger charge is -2.02. The summed E-state index contributed by atoms with van der Waals surface area (Å²) in [6.45, 7) is 0. The summed E-state index contributed by atoms with van der Waals surface area (Å²) in [6.07, 6.45) is 1.23. The molecule has 3 rings (SSSR count). The van der Waals surface area contributed by atoms with Crippen LogP contribution in [-0.2, 0) is 10.0 Å². The molecule has 1 heterocycles.